The van der Waals surface area contributed by atoms with E-state index in [9.17, 15) is 4.79 Å². The molecule has 5 nitrogen and oxygen atoms in total. The molecule has 1 fully saturated rings. The molecule has 0 aliphatic carbocycles. The fraction of sp³-hybridized carbons (Fsp3) is 0.667. The second kappa shape index (κ2) is 5.67. The first-order chi connectivity index (χ1) is 8.61. The van der Waals surface area contributed by atoms with Gasteiger partial charge in [0, 0.05) is 26.8 Å². The third kappa shape index (κ3) is 2.81. The summed E-state index contributed by atoms with van der Waals surface area (Å²) < 4.78 is 5.16. The Balaban J connectivity index is 1.97. The largest absolute Gasteiger partial charge is 0.384 e. The maximum atomic E-state index is 12.3. The highest BCUT2D eigenvalue weighted by atomic mass is 32.1. The third-order valence-corrected chi connectivity index (χ3v) is 4.29. The summed E-state index contributed by atoms with van der Waals surface area (Å²) in [5, 5.41) is 0.463. The number of rotatable bonds is 3. The SMILES string of the molecule is COCC1CCN(C(=O)c2sc(N)nc2C)CC1. The standard InChI is InChI=1S/C12H19N3O2S/c1-8-10(18-12(13)14-8)11(16)15-5-3-9(4-6-15)7-17-2/h9H,3-7H2,1-2H3,(H2,13,14). The molecule has 0 aromatic carbocycles. The van der Waals surface area contributed by atoms with Crippen molar-refractivity contribution in [2.24, 2.45) is 5.92 Å². The van der Waals surface area contributed by atoms with Gasteiger partial charge in [-0.3, -0.25) is 4.79 Å². The van der Waals surface area contributed by atoms with Crippen LogP contribution in [0.1, 0.15) is 28.2 Å². The average Bonchev–Trinajstić information content (AvgIpc) is 2.69. The van der Waals surface area contributed by atoms with Crippen LogP contribution < -0.4 is 5.73 Å². The molecule has 2 heterocycles. The first-order valence-corrected chi connectivity index (χ1v) is 6.94. The van der Waals surface area contributed by atoms with Crippen molar-refractivity contribution >= 4 is 22.4 Å². The van der Waals surface area contributed by atoms with Gasteiger partial charge in [0.25, 0.3) is 5.91 Å². The number of carbonyl (C=O) groups is 1. The molecule has 100 valence electrons. The van der Waals surface area contributed by atoms with Crippen LogP contribution >= 0.6 is 11.3 Å². The van der Waals surface area contributed by atoms with Crippen LogP contribution in [-0.2, 0) is 4.74 Å². The predicted molar refractivity (Wildman–Crippen MR) is 71.8 cm³/mol. The first-order valence-electron chi connectivity index (χ1n) is 6.13. The minimum Gasteiger partial charge on any atom is -0.384 e. The van der Waals surface area contributed by atoms with Crippen LogP contribution in [0.2, 0.25) is 0 Å². The van der Waals surface area contributed by atoms with E-state index in [4.69, 9.17) is 10.5 Å². The summed E-state index contributed by atoms with van der Waals surface area (Å²) in [6.45, 7) is 4.21. The number of aryl methyl sites for hydroxylation is 1. The summed E-state index contributed by atoms with van der Waals surface area (Å²) in [7, 11) is 1.72. The summed E-state index contributed by atoms with van der Waals surface area (Å²) in [5.41, 5.74) is 6.37. The summed E-state index contributed by atoms with van der Waals surface area (Å²) in [4.78, 5) is 19.0. The molecule has 1 saturated heterocycles. The molecular weight excluding hydrogens is 250 g/mol. The van der Waals surface area contributed by atoms with Gasteiger partial charge < -0.3 is 15.4 Å². The number of hydrogen-bond donors (Lipinski definition) is 1. The Hall–Kier alpha value is -1.14. The third-order valence-electron chi connectivity index (χ3n) is 3.31. The van der Waals surface area contributed by atoms with Gasteiger partial charge in [-0.1, -0.05) is 11.3 Å². The molecule has 1 aromatic heterocycles. The molecule has 0 saturated carbocycles. The van der Waals surface area contributed by atoms with E-state index in [1.54, 1.807) is 7.11 Å². The molecule has 0 bridgehead atoms. The molecule has 0 unspecified atom stereocenters. The lowest BCUT2D eigenvalue weighted by atomic mass is 9.98. The number of nitrogen functional groups attached to an aromatic ring is 1. The summed E-state index contributed by atoms with van der Waals surface area (Å²) in [5.74, 6) is 0.643. The number of nitrogens with two attached hydrogens (primary N) is 1. The highest BCUT2D eigenvalue weighted by Crippen LogP contribution is 2.24. The number of nitrogens with zero attached hydrogens (tertiary/aromatic N) is 2. The zero-order chi connectivity index (χ0) is 13.1. The number of hydrogen-bond acceptors (Lipinski definition) is 5. The molecule has 18 heavy (non-hydrogen) atoms. The fourth-order valence-electron chi connectivity index (χ4n) is 2.30. The van der Waals surface area contributed by atoms with Crippen molar-refractivity contribution in [1.29, 1.82) is 0 Å². The molecule has 0 radical (unpaired) electrons. The smallest absolute Gasteiger partial charge is 0.265 e. The minimum absolute atomic E-state index is 0.0672. The van der Waals surface area contributed by atoms with Crippen molar-refractivity contribution in [2.75, 3.05) is 32.5 Å². The Kier molecular flexibility index (Phi) is 4.19. The van der Waals surface area contributed by atoms with Gasteiger partial charge in [-0.25, -0.2) is 4.98 Å². The van der Waals surface area contributed by atoms with Crippen molar-refractivity contribution in [1.82, 2.24) is 9.88 Å². The van der Waals surface area contributed by atoms with E-state index < -0.39 is 0 Å². The van der Waals surface area contributed by atoms with E-state index in [1.165, 1.54) is 11.3 Å². The van der Waals surface area contributed by atoms with E-state index in [2.05, 4.69) is 4.98 Å². The van der Waals surface area contributed by atoms with Crippen molar-refractivity contribution in [2.45, 2.75) is 19.8 Å². The van der Waals surface area contributed by atoms with Crippen molar-refractivity contribution in [3.05, 3.63) is 10.6 Å². The lowest BCUT2D eigenvalue weighted by Gasteiger charge is -2.31. The minimum atomic E-state index is 0.0672. The lowest BCUT2D eigenvalue weighted by molar-refractivity contribution is 0.0617. The number of amides is 1. The van der Waals surface area contributed by atoms with E-state index >= 15 is 0 Å². The van der Waals surface area contributed by atoms with E-state index in [1.807, 2.05) is 11.8 Å². The number of aromatic nitrogens is 1. The number of anilines is 1. The van der Waals surface area contributed by atoms with Gasteiger partial charge in [0.1, 0.15) is 4.88 Å². The van der Waals surface area contributed by atoms with Crippen LogP contribution in [0, 0.1) is 12.8 Å². The number of methoxy groups -OCH3 is 1. The summed E-state index contributed by atoms with van der Waals surface area (Å²) >= 11 is 1.28. The van der Waals surface area contributed by atoms with Gasteiger partial charge in [-0.15, -0.1) is 0 Å². The van der Waals surface area contributed by atoms with Gasteiger partial charge in [0.2, 0.25) is 0 Å². The molecule has 6 heteroatoms. The number of piperidine rings is 1. The van der Waals surface area contributed by atoms with E-state index in [0.29, 0.717) is 15.9 Å². The molecule has 2 N–H and O–H groups in total. The highest BCUT2D eigenvalue weighted by Gasteiger charge is 2.26. The second-order valence-electron chi connectivity index (χ2n) is 4.66. The number of thiazole rings is 1. The Bertz CT molecular complexity index is 425. The van der Waals surface area contributed by atoms with Gasteiger partial charge >= 0.3 is 0 Å². The maximum Gasteiger partial charge on any atom is 0.265 e. The average molecular weight is 269 g/mol. The van der Waals surface area contributed by atoms with Crippen LogP contribution in [0.4, 0.5) is 5.13 Å². The molecule has 2 rings (SSSR count). The fourth-order valence-corrected chi connectivity index (χ4v) is 3.10. The lowest BCUT2D eigenvalue weighted by Crippen LogP contribution is -2.39. The predicted octanol–water partition coefficient (Wildman–Crippen LogP) is 1.53. The molecule has 1 aliphatic heterocycles. The van der Waals surface area contributed by atoms with Gasteiger partial charge in [0.05, 0.1) is 5.69 Å². The Morgan fingerprint density at radius 1 is 1.56 bits per heavy atom. The molecule has 0 atom stereocenters. The summed E-state index contributed by atoms with van der Waals surface area (Å²) in [6, 6.07) is 0. The zero-order valence-electron chi connectivity index (χ0n) is 10.8. The Morgan fingerprint density at radius 2 is 2.22 bits per heavy atom. The molecule has 0 spiro atoms. The van der Waals surface area contributed by atoms with Crippen LogP contribution in [0.3, 0.4) is 0 Å². The highest BCUT2D eigenvalue weighted by molar-refractivity contribution is 7.17. The summed E-state index contributed by atoms with van der Waals surface area (Å²) in [6.07, 6.45) is 2.01. The number of ether oxygens (including phenoxy) is 1. The monoisotopic (exact) mass is 269 g/mol. The van der Waals surface area contributed by atoms with Crippen molar-refractivity contribution < 1.29 is 9.53 Å². The van der Waals surface area contributed by atoms with Crippen LogP contribution in [0.25, 0.3) is 0 Å². The maximum absolute atomic E-state index is 12.3. The quantitative estimate of drug-likeness (QED) is 0.903. The van der Waals surface area contributed by atoms with Crippen LogP contribution in [0.5, 0.6) is 0 Å². The van der Waals surface area contributed by atoms with E-state index in [-0.39, 0.29) is 5.91 Å². The van der Waals surface area contributed by atoms with Gasteiger partial charge in [0.15, 0.2) is 5.13 Å². The van der Waals surface area contributed by atoms with E-state index in [0.717, 1.165) is 38.2 Å². The molecular formula is C12H19N3O2S. The molecule has 1 amide bonds. The topological polar surface area (TPSA) is 68.5 Å². The van der Waals surface area contributed by atoms with Crippen LogP contribution in [-0.4, -0.2) is 42.6 Å². The second-order valence-corrected chi connectivity index (χ2v) is 5.69. The van der Waals surface area contributed by atoms with Crippen LogP contribution in [0.15, 0.2) is 0 Å². The number of carbonyl (C=O) groups excluding carboxylic acids is 1. The van der Waals surface area contributed by atoms with Crippen molar-refractivity contribution in [3.63, 3.8) is 0 Å². The molecule has 1 aliphatic rings. The van der Waals surface area contributed by atoms with Gasteiger partial charge in [-0.2, -0.15) is 0 Å². The number of likely N-dealkylation sites (tertiary alicyclic amines) is 1. The Labute approximate surface area is 111 Å². The normalized spacial score (nSPS) is 17.1. The Morgan fingerprint density at radius 3 is 2.72 bits per heavy atom. The van der Waals surface area contributed by atoms with Crippen molar-refractivity contribution in [3.8, 4) is 0 Å². The zero-order valence-corrected chi connectivity index (χ0v) is 11.6. The first kappa shape index (κ1) is 13.3. The molecule has 1 aromatic rings. The van der Waals surface area contributed by atoms with Gasteiger partial charge in [-0.05, 0) is 25.7 Å².